The van der Waals surface area contributed by atoms with Gasteiger partial charge in [0.15, 0.2) is 0 Å². The van der Waals surface area contributed by atoms with Gasteiger partial charge in [0, 0.05) is 0 Å². The number of fused-ring (bicyclic) bond motifs is 1. The standard InChI is InChI=1S/C10H8N2S/c1-7-12-10-8(5-6-11)3-2-4-9(10)13-7/h2-4H,5H2,1H3. The van der Waals surface area contributed by atoms with Crippen LogP contribution in [0.4, 0.5) is 0 Å². The second-order valence-corrected chi connectivity index (χ2v) is 4.07. The lowest BCUT2D eigenvalue weighted by atomic mass is 10.1. The van der Waals surface area contributed by atoms with Crippen molar-refractivity contribution in [2.24, 2.45) is 0 Å². The van der Waals surface area contributed by atoms with Crippen molar-refractivity contribution >= 4 is 21.6 Å². The Balaban J connectivity index is 2.69. The molecule has 0 radical (unpaired) electrons. The summed E-state index contributed by atoms with van der Waals surface area (Å²) >= 11 is 1.67. The van der Waals surface area contributed by atoms with Gasteiger partial charge in [-0.05, 0) is 18.6 Å². The van der Waals surface area contributed by atoms with Crippen LogP contribution in [-0.4, -0.2) is 4.98 Å². The summed E-state index contributed by atoms with van der Waals surface area (Å²) in [6, 6.07) is 8.13. The van der Waals surface area contributed by atoms with Crippen LogP contribution in [0.1, 0.15) is 10.6 Å². The molecule has 2 rings (SSSR count). The SMILES string of the molecule is Cc1nc2c(CC#N)cccc2s1. The zero-order valence-corrected chi connectivity index (χ0v) is 8.06. The molecular weight excluding hydrogens is 180 g/mol. The third-order valence-electron chi connectivity index (χ3n) is 1.88. The molecule has 0 amide bonds. The molecule has 1 aromatic carbocycles. The summed E-state index contributed by atoms with van der Waals surface area (Å²) in [7, 11) is 0. The van der Waals surface area contributed by atoms with Crippen molar-refractivity contribution in [2.75, 3.05) is 0 Å². The van der Waals surface area contributed by atoms with Gasteiger partial charge in [0.25, 0.3) is 0 Å². The van der Waals surface area contributed by atoms with Gasteiger partial charge in [-0.25, -0.2) is 4.98 Å². The van der Waals surface area contributed by atoms with Gasteiger partial charge in [0.1, 0.15) is 0 Å². The van der Waals surface area contributed by atoms with Gasteiger partial charge in [0.05, 0.1) is 27.7 Å². The van der Waals surface area contributed by atoms with Gasteiger partial charge >= 0.3 is 0 Å². The fourth-order valence-electron chi connectivity index (χ4n) is 1.34. The Morgan fingerprint density at radius 1 is 1.54 bits per heavy atom. The second kappa shape index (κ2) is 3.15. The first-order valence-electron chi connectivity index (χ1n) is 4.03. The molecule has 0 atom stereocenters. The van der Waals surface area contributed by atoms with E-state index in [1.54, 1.807) is 11.3 Å². The van der Waals surface area contributed by atoms with Crippen LogP contribution in [0.5, 0.6) is 0 Å². The summed E-state index contributed by atoms with van der Waals surface area (Å²) in [5, 5.41) is 9.67. The van der Waals surface area contributed by atoms with Crippen molar-refractivity contribution in [3.05, 3.63) is 28.8 Å². The first kappa shape index (κ1) is 8.21. The molecule has 2 aromatic rings. The average Bonchev–Trinajstić information content (AvgIpc) is 2.47. The molecule has 0 saturated heterocycles. The molecule has 0 aliphatic rings. The molecule has 3 heteroatoms. The molecule has 13 heavy (non-hydrogen) atoms. The number of hydrogen-bond donors (Lipinski definition) is 0. The van der Waals surface area contributed by atoms with E-state index in [0.29, 0.717) is 6.42 Å². The van der Waals surface area contributed by atoms with E-state index >= 15 is 0 Å². The smallest absolute Gasteiger partial charge is 0.0907 e. The van der Waals surface area contributed by atoms with E-state index in [1.165, 1.54) is 4.70 Å². The molecule has 0 aliphatic carbocycles. The van der Waals surface area contributed by atoms with Gasteiger partial charge < -0.3 is 0 Å². The van der Waals surface area contributed by atoms with Gasteiger partial charge in [-0.2, -0.15) is 5.26 Å². The Morgan fingerprint density at radius 3 is 3.15 bits per heavy atom. The summed E-state index contributed by atoms with van der Waals surface area (Å²) in [6.45, 7) is 1.99. The summed E-state index contributed by atoms with van der Waals surface area (Å²) in [6.07, 6.45) is 0.445. The zero-order chi connectivity index (χ0) is 9.26. The number of rotatable bonds is 1. The maximum absolute atomic E-state index is 8.61. The molecule has 0 aliphatic heterocycles. The topological polar surface area (TPSA) is 36.7 Å². The number of benzene rings is 1. The Hall–Kier alpha value is -1.40. The normalized spacial score (nSPS) is 10.2. The lowest BCUT2D eigenvalue weighted by Crippen LogP contribution is -1.83. The van der Waals surface area contributed by atoms with Crippen molar-refractivity contribution in [1.29, 1.82) is 5.26 Å². The maximum Gasteiger partial charge on any atom is 0.0907 e. The number of para-hydroxylation sites is 1. The molecule has 2 nitrogen and oxygen atoms in total. The van der Waals surface area contributed by atoms with E-state index in [-0.39, 0.29) is 0 Å². The Bertz CT molecular complexity index is 479. The highest BCUT2D eigenvalue weighted by Gasteiger charge is 2.04. The fraction of sp³-hybridized carbons (Fsp3) is 0.200. The van der Waals surface area contributed by atoms with E-state index in [0.717, 1.165) is 16.1 Å². The summed E-state index contributed by atoms with van der Waals surface area (Å²) < 4.78 is 1.17. The molecule has 0 saturated carbocycles. The highest BCUT2D eigenvalue weighted by molar-refractivity contribution is 7.18. The van der Waals surface area contributed by atoms with Crippen LogP contribution in [0.25, 0.3) is 10.2 Å². The van der Waals surface area contributed by atoms with Crippen molar-refractivity contribution in [1.82, 2.24) is 4.98 Å². The van der Waals surface area contributed by atoms with Crippen molar-refractivity contribution in [3.63, 3.8) is 0 Å². The Morgan fingerprint density at radius 2 is 2.38 bits per heavy atom. The van der Waals surface area contributed by atoms with E-state index < -0.39 is 0 Å². The third kappa shape index (κ3) is 1.41. The van der Waals surface area contributed by atoms with Crippen LogP contribution in [0, 0.1) is 18.3 Å². The minimum Gasteiger partial charge on any atom is -0.241 e. The Kier molecular flexibility index (Phi) is 1.99. The fourth-order valence-corrected chi connectivity index (χ4v) is 2.22. The predicted octanol–water partition coefficient (Wildman–Crippen LogP) is 2.67. The number of aromatic nitrogens is 1. The van der Waals surface area contributed by atoms with Crippen molar-refractivity contribution < 1.29 is 0 Å². The van der Waals surface area contributed by atoms with Gasteiger partial charge in [-0.3, -0.25) is 0 Å². The summed E-state index contributed by atoms with van der Waals surface area (Å²) in [4.78, 5) is 4.40. The van der Waals surface area contributed by atoms with E-state index in [1.807, 2.05) is 25.1 Å². The number of nitriles is 1. The maximum atomic E-state index is 8.61. The highest BCUT2D eigenvalue weighted by Crippen LogP contribution is 2.24. The van der Waals surface area contributed by atoms with E-state index in [4.69, 9.17) is 5.26 Å². The van der Waals surface area contributed by atoms with Gasteiger partial charge in [-0.1, -0.05) is 12.1 Å². The number of aryl methyl sites for hydroxylation is 1. The van der Waals surface area contributed by atoms with E-state index in [2.05, 4.69) is 11.1 Å². The third-order valence-corrected chi connectivity index (χ3v) is 2.82. The minimum absolute atomic E-state index is 0.445. The minimum atomic E-state index is 0.445. The van der Waals surface area contributed by atoms with Crippen LogP contribution < -0.4 is 0 Å². The molecule has 0 spiro atoms. The number of nitrogens with zero attached hydrogens (tertiary/aromatic N) is 2. The van der Waals surface area contributed by atoms with Gasteiger partial charge in [-0.15, -0.1) is 11.3 Å². The van der Waals surface area contributed by atoms with Crippen LogP contribution in [0.3, 0.4) is 0 Å². The lowest BCUT2D eigenvalue weighted by Gasteiger charge is -1.93. The monoisotopic (exact) mass is 188 g/mol. The molecule has 0 bridgehead atoms. The average molecular weight is 188 g/mol. The van der Waals surface area contributed by atoms with Crippen molar-refractivity contribution in [2.45, 2.75) is 13.3 Å². The predicted molar refractivity (Wildman–Crippen MR) is 53.7 cm³/mol. The molecule has 0 unspecified atom stereocenters. The molecule has 1 heterocycles. The zero-order valence-electron chi connectivity index (χ0n) is 7.24. The van der Waals surface area contributed by atoms with Crippen LogP contribution in [0.15, 0.2) is 18.2 Å². The molecule has 0 N–H and O–H groups in total. The molecular formula is C10H8N2S. The van der Waals surface area contributed by atoms with Crippen LogP contribution >= 0.6 is 11.3 Å². The molecule has 64 valence electrons. The highest BCUT2D eigenvalue weighted by atomic mass is 32.1. The number of hydrogen-bond acceptors (Lipinski definition) is 3. The van der Waals surface area contributed by atoms with Crippen LogP contribution in [-0.2, 0) is 6.42 Å². The summed E-state index contributed by atoms with van der Waals surface area (Å²) in [5.41, 5.74) is 2.02. The lowest BCUT2D eigenvalue weighted by molar-refractivity contribution is 1.25. The van der Waals surface area contributed by atoms with Crippen molar-refractivity contribution in [3.8, 4) is 6.07 Å². The number of thiazole rings is 1. The quantitative estimate of drug-likeness (QED) is 0.689. The first-order chi connectivity index (χ1) is 6.31. The first-order valence-corrected chi connectivity index (χ1v) is 4.85. The Labute approximate surface area is 80.5 Å². The van der Waals surface area contributed by atoms with Crippen LogP contribution in [0.2, 0.25) is 0 Å². The molecule has 1 aromatic heterocycles. The largest absolute Gasteiger partial charge is 0.241 e. The molecule has 0 fully saturated rings. The van der Waals surface area contributed by atoms with E-state index in [9.17, 15) is 0 Å². The van der Waals surface area contributed by atoms with Gasteiger partial charge in [0.2, 0.25) is 0 Å². The second-order valence-electron chi connectivity index (χ2n) is 2.83. The summed E-state index contributed by atoms with van der Waals surface area (Å²) in [5.74, 6) is 0.